The van der Waals surface area contributed by atoms with Crippen molar-refractivity contribution in [2.45, 2.75) is 20.5 Å². The van der Waals surface area contributed by atoms with Crippen LogP contribution in [0.15, 0.2) is 42.5 Å². The number of carbonyl (C=O) groups is 1. The van der Waals surface area contributed by atoms with E-state index in [9.17, 15) is 4.79 Å². The Morgan fingerprint density at radius 1 is 1.05 bits per heavy atom. The summed E-state index contributed by atoms with van der Waals surface area (Å²) in [6, 6.07) is 13.7. The number of rotatable bonds is 6. The number of benzene rings is 2. The average Bonchev–Trinajstić information content (AvgIpc) is 2.48. The van der Waals surface area contributed by atoms with E-state index in [4.69, 9.17) is 9.47 Å². The molecule has 0 radical (unpaired) electrons. The molecular weight excluding hydrogens is 264 g/mol. The van der Waals surface area contributed by atoms with Gasteiger partial charge in [0.05, 0.1) is 0 Å². The molecule has 0 aliphatic rings. The zero-order valence-corrected chi connectivity index (χ0v) is 12.7. The second-order valence-corrected chi connectivity index (χ2v) is 5.11. The Hall–Kier alpha value is -2.13. The van der Waals surface area contributed by atoms with Crippen molar-refractivity contribution in [1.29, 1.82) is 0 Å². The van der Waals surface area contributed by atoms with E-state index in [2.05, 4.69) is 31.2 Å². The van der Waals surface area contributed by atoms with Gasteiger partial charge in [0, 0.05) is 12.7 Å². The van der Waals surface area contributed by atoms with Gasteiger partial charge in [-0.15, -0.1) is 0 Å². The molecule has 0 saturated heterocycles. The van der Waals surface area contributed by atoms with Crippen LogP contribution >= 0.6 is 0 Å². The van der Waals surface area contributed by atoms with Crippen LogP contribution in [0.5, 0.6) is 5.75 Å². The number of ether oxygens (including phenoxy) is 2. The summed E-state index contributed by atoms with van der Waals surface area (Å²) in [5.74, 6) is 0.773. The van der Waals surface area contributed by atoms with Crippen LogP contribution in [-0.2, 0) is 11.3 Å². The van der Waals surface area contributed by atoms with Crippen LogP contribution in [0, 0.1) is 13.8 Å². The van der Waals surface area contributed by atoms with Gasteiger partial charge in [-0.05, 0) is 43.2 Å². The molecule has 3 heteroatoms. The van der Waals surface area contributed by atoms with E-state index in [0.717, 1.165) is 16.9 Å². The molecule has 0 aromatic heterocycles. The lowest BCUT2D eigenvalue weighted by Gasteiger charge is -2.10. The fraction of sp³-hybridized carbons (Fsp3) is 0.278. The predicted molar refractivity (Wildman–Crippen MR) is 82.9 cm³/mol. The summed E-state index contributed by atoms with van der Waals surface area (Å²) < 4.78 is 10.7. The summed E-state index contributed by atoms with van der Waals surface area (Å²) >= 11 is 0. The Balaban J connectivity index is 2.04. The highest BCUT2D eigenvalue weighted by molar-refractivity contribution is 5.97. The van der Waals surface area contributed by atoms with Crippen molar-refractivity contribution in [3.63, 3.8) is 0 Å². The van der Waals surface area contributed by atoms with Crippen LogP contribution in [-0.4, -0.2) is 19.5 Å². The lowest BCUT2D eigenvalue weighted by atomic mass is 10.1. The van der Waals surface area contributed by atoms with Gasteiger partial charge in [0.25, 0.3) is 0 Å². The summed E-state index contributed by atoms with van der Waals surface area (Å²) in [5, 5.41) is 0. The molecular formula is C18H20O3. The monoisotopic (exact) mass is 284 g/mol. The Bertz CT molecular complexity index is 615. The molecule has 0 unspecified atom stereocenters. The molecule has 0 atom stereocenters. The van der Waals surface area contributed by atoms with E-state index >= 15 is 0 Å². The van der Waals surface area contributed by atoms with E-state index in [1.807, 2.05) is 19.1 Å². The van der Waals surface area contributed by atoms with Crippen LogP contribution in [0.3, 0.4) is 0 Å². The molecule has 3 nitrogen and oxygen atoms in total. The summed E-state index contributed by atoms with van der Waals surface area (Å²) in [4.78, 5) is 11.8. The molecule has 110 valence electrons. The lowest BCUT2D eigenvalue weighted by Crippen LogP contribution is -2.07. The highest BCUT2D eigenvalue weighted by Gasteiger charge is 2.08. The van der Waals surface area contributed by atoms with Crippen molar-refractivity contribution in [2.75, 3.05) is 13.7 Å². The number of hydrogen-bond acceptors (Lipinski definition) is 3. The topological polar surface area (TPSA) is 35.5 Å². The third-order valence-electron chi connectivity index (χ3n) is 3.29. The van der Waals surface area contributed by atoms with E-state index in [0.29, 0.717) is 12.2 Å². The SMILES string of the molecule is COCC(=O)c1ccc(OCc2ccc(C)cc2)c(C)c1. The van der Waals surface area contributed by atoms with Gasteiger partial charge in [0.15, 0.2) is 5.78 Å². The minimum absolute atomic E-state index is 0.0225. The minimum Gasteiger partial charge on any atom is -0.489 e. The van der Waals surface area contributed by atoms with E-state index in [1.165, 1.54) is 12.7 Å². The Morgan fingerprint density at radius 3 is 2.38 bits per heavy atom. The third kappa shape index (κ3) is 4.17. The Kier molecular flexibility index (Phi) is 5.12. The zero-order valence-electron chi connectivity index (χ0n) is 12.7. The third-order valence-corrected chi connectivity index (χ3v) is 3.29. The first-order valence-corrected chi connectivity index (χ1v) is 6.91. The summed E-state index contributed by atoms with van der Waals surface area (Å²) in [6.07, 6.45) is 0. The van der Waals surface area contributed by atoms with Crippen LogP contribution in [0.2, 0.25) is 0 Å². The van der Waals surface area contributed by atoms with Gasteiger partial charge in [-0.2, -0.15) is 0 Å². The van der Waals surface area contributed by atoms with Crippen LogP contribution in [0.1, 0.15) is 27.0 Å². The molecule has 2 aromatic carbocycles. The minimum atomic E-state index is -0.0225. The summed E-state index contributed by atoms with van der Waals surface area (Å²) in [6.45, 7) is 4.62. The molecule has 0 heterocycles. The molecule has 0 aliphatic heterocycles. The second-order valence-electron chi connectivity index (χ2n) is 5.11. The van der Waals surface area contributed by atoms with E-state index in [-0.39, 0.29) is 12.4 Å². The van der Waals surface area contributed by atoms with E-state index in [1.54, 1.807) is 6.07 Å². The molecule has 21 heavy (non-hydrogen) atoms. The Morgan fingerprint density at radius 2 is 1.76 bits per heavy atom. The van der Waals surface area contributed by atoms with Gasteiger partial charge in [0.2, 0.25) is 0 Å². The largest absolute Gasteiger partial charge is 0.489 e. The Labute approximate surface area is 125 Å². The highest BCUT2D eigenvalue weighted by Crippen LogP contribution is 2.21. The quantitative estimate of drug-likeness (QED) is 0.759. The van der Waals surface area contributed by atoms with Gasteiger partial charge < -0.3 is 9.47 Å². The first-order chi connectivity index (χ1) is 10.1. The number of hydrogen-bond donors (Lipinski definition) is 0. The van der Waals surface area contributed by atoms with Crippen LogP contribution in [0.4, 0.5) is 0 Å². The smallest absolute Gasteiger partial charge is 0.188 e. The number of Topliss-reactive ketones (excluding diaryl/α,β-unsaturated/α-hetero) is 1. The molecule has 0 fully saturated rings. The van der Waals surface area contributed by atoms with Crippen LogP contribution in [0.25, 0.3) is 0 Å². The molecule has 0 aliphatic carbocycles. The molecule has 0 bridgehead atoms. The van der Waals surface area contributed by atoms with Crippen molar-refractivity contribution in [3.8, 4) is 5.75 Å². The number of methoxy groups -OCH3 is 1. The van der Waals surface area contributed by atoms with Gasteiger partial charge in [-0.1, -0.05) is 29.8 Å². The van der Waals surface area contributed by atoms with Gasteiger partial charge >= 0.3 is 0 Å². The average molecular weight is 284 g/mol. The number of carbonyl (C=O) groups excluding carboxylic acids is 1. The maximum Gasteiger partial charge on any atom is 0.188 e. The van der Waals surface area contributed by atoms with Crippen LogP contribution < -0.4 is 4.74 Å². The lowest BCUT2D eigenvalue weighted by molar-refractivity contribution is 0.0848. The highest BCUT2D eigenvalue weighted by atomic mass is 16.5. The van der Waals surface area contributed by atoms with Crippen molar-refractivity contribution < 1.29 is 14.3 Å². The maximum absolute atomic E-state index is 11.8. The first-order valence-electron chi connectivity index (χ1n) is 6.91. The van der Waals surface area contributed by atoms with Crippen molar-refractivity contribution in [1.82, 2.24) is 0 Å². The van der Waals surface area contributed by atoms with Gasteiger partial charge in [-0.25, -0.2) is 0 Å². The molecule has 2 rings (SSSR count). The molecule has 0 N–H and O–H groups in total. The maximum atomic E-state index is 11.8. The fourth-order valence-corrected chi connectivity index (χ4v) is 2.04. The van der Waals surface area contributed by atoms with Crippen molar-refractivity contribution in [3.05, 3.63) is 64.7 Å². The molecule has 0 spiro atoms. The van der Waals surface area contributed by atoms with Crippen molar-refractivity contribution >= 4 is 5.78 Å². The van der Waals surface area contributed by atoms with Crippen molar-refractivity contribution in [2.24, 2.45) is 0 Å². The zero-order chi connectivity index (χ0) is 15.2. The first kappa shape index (κ1) is 15.3. The summed E-state index contributed by atoms with van der Waals surface area (Å²) in [5.41, 5.74) is 3.96. The molecule has 0 amide bonds. The standard InChI is InChI=1S/C18H20O3/c1-13-4-6-15(7-5-13)11-21-18-9-8-16(10-14(18)2)17(19)12-20-3/h4-10H,11-12H2,1-3H3. The predicted octanol–water partition coefficient (Wildman–Crippen LogP) is 3.71. The summed E-state index contributed by atoms with van der Waals surface area (Å²) in [7, 11) is 1.52. The van der Waals surface area contributed by atoms with Gasteiger partial charge in [0.1, 0.15) is 19.0 Å². The normalized spacial score (nSPS) is 10.4. The number of ketones is 1. The molecule has 2 aromatic rings. The second kappa shape index (κ2) is 7.04. The van der Waals surface area contributed by atoms with Gasteiger partial charge in [-0.3, -0.25) is 4.79 Å². The fourth-order valence-electron chi connectivity index (χ4n) is 2.04. The number of aryl methyl sites for hydroxylation is 2. The van der Waals surface area contributed by atoms with E-state index < -0.39 is 0 Å². The molecule has 0 saturated carbocycles.